The molecule has 0 saturated heterocycles. The van der Waals surface area contributed by atoms with Crippen LogP contribution in [0.5, 0.6) is 0 Å². The third-order valence-corrected chi connectivity index (χ3v) is 5.83. The van der Waals surface area contributed by atoms with Crippen molar-refractivity contribution in [2.45, 2.75) is 37.9 Å². The Morgan fingerprint density at radius 2 is 2.24 bits per heavy atom. The largest absolute Gasteiger partial charge is 0.399 e. The number of nitrogen functional groups attached to an aromatic ring is 1. The molecule has 0 aromatic heterocycles. The van der Waals surface area contributed by atoms with Gasteiger partial charge in [0, 0.05) is 21.7 Å². The maximum atomic E-state index is 12.3. The summed E-state index contributed by atoms with van der Waals surface area (Å²) in [6.07, 6.45) is 4.19. The fourth-order valence-electron chi connectivity index (χ4n) is 2.68. The summed E-state index contributed by atoms with van der Waals surface area (Å²) in [7, 11) is -1.12. The second kappa shape index (κ2) is 7.27. The highest BCUT2D eigenvalue weighted by atomic mass is 35.5. The summed E-state index contributed by atoms with van der Waals surface area (Å²) in [6, 6.07) is 4.90. The predicted molar refractivity (Wildman–Crippen MR) is 88.9 cm³/mol. The maximum absolute atomic E-state index is 12.3. The molecule has 1 aliphatic rings. The average molecular weight is 329 g/mol. The minimum absolute atomic E-state index is 0.0259. The Morgan fingerprint density at radius 1 is 1.48 bits per heavy atom. The smallest absolute Gasteiger partial charge is 0.237 e. The lowest BCUT2D eigenvalue weighted by atomic mass is 9.91. The minimum atomic E-state index is -1.12. The molecule has 0 aliphatic heterocycles. The van der Waals surface area contributed by atoms with Crippen molar-refractivity contribution in [3.63, 3.8) is 0 Å². The van der Waals surface area contributed by atoms with Crippen molar-refractivity contribution in [3.05, 3.63) is 23.2 Å². The Bertz CT molecular complexity index is 550. The van der Waals surface area contributed by atoms with Crippen LogP contribution in [-0.4, -0.2) is 21.1 Å². The number of nitrogens with two attached hydrogens (primary N) is 1. The molecule has 3 N–H and O–H groups in total. The summed E-state index contributed by atoms with van der Waals surface area (Å²) in [5.74, 6) is 0.360. The highest BCUT2D eigenvalue weighted by molar-refractivity contribution is 7.86. The standard InChI is InChI=1S/C15H21ClN2O2S/c1-10-3-2-4-12(7-10)21(20)9-15(19)18-14-6-5-11(17)8-13(14)16/h5-6,8,10,12H,2-4,7,9,17H2,1H3,(H,18,19). The first-order chi connectivity index (χ1) is 9.95. The zero-order valence-electron chi connectivity index (χ0n) is 12.1. The predicted octanol–water partition coefficient (Wildman–Crippen LogP) is 3.19. The number of amides is 1. The number of carbonyl (C=O) groups is 1. The second-order valence-electron chi connectivity index (χ2n) is 5.71. The van der Waals surface area contributed by atoms with Gasteiger partial charge in [0.2, 0.25) is 5.91 Å². The van der Waals surface area contributed by atoms with E-state index >= 15 is 0 Å². The Kier molecular flexibility index (Phi) is 5.65. The van der Waals surface area contributed by atoms with E-state index < -0.39 is 10.8 Å². The quantitative estimate of drug-likeness (QED) is 0.834. The number of benzene rings is 1. The van der Waals surface area contributed by atoms with Crippen LogP contribution in [0.15, 0.2) is 18.2 Å². The summed E-state index contributed by atoms with van der Waals surface area (Å²) in [5, 5.41) is 3.23. The van der Waals surface area contributed by atoms with E-state index in [2.05, 4.69) is 12.2 Å². The molecule has 1 aliphatic carbocycles. The molecular formula is C15H21ClN2O2S. The molecule has 2 rings (SSSR count). The van der Waals surface area contributed by atoms with Crippen LogP contribution in [0.1, 0.15) is 32.6 Å². The fraction of sp³-hybridized carbons (Fsp3) is 0.533. The van der Waals surface area contributed by atoms with Crippen molar-refractivity contribution in [1.29, 1.82) is 0 Å². The molecule has 0 bridgehead atoms. The molecule has 1 amide bonds. The molecule has 1 fully saturated rings. The molecule has 3 unspecified atom stereocenters. The Morgan fingerprint density at radius 3 is 2.90 bits per heavy atom. The summed E-state index contributed by atoms with van der Waals surface area (Å²) < 4.78 is 12.3. The van der Waals surface area contributed by atoms with Gasteiger partial charge >= 0.3 is 0 Å². The summed E-state index contributed by atoms with van der Waals surface area (Å²) in [6.45, 7) is 2.18. The molecule has 6 heteroatoms. The SMILES string of the molecule is CC1CCCC(S(=O)CC(=O)Nc2ccc(N)cc2Cl)C1. The summed E-state index contributed by atoms with van der Waals surface area (Å²) >= 11 is 6.01. The number of rotatable bonds is 4. The molecule has 1 aromatic carbocycles. The number of hydrogen-bond acceptors (Lipinski definition) is 3. The van der Waals surface area contributed by atoms with E-state index in [0.29, 0.717) is 22.3 Å². The summed E-state index contributed by atoms with van der Waals surface area (Å²) in [5.41, 5.74) is 6.65. The molecular weight excluding hydrogens is 308 g/mol. The number of anilines is 2. The average Bonchev–Trinajstić information content (AvgIpc) is 2.42. The molecule has 0 spiro atoms. The Labute approximate surface area is 132 Å². The number of carbonyl (C=O) groups excluding carboxylic acids is 1. The van der Waals surface area contributed by atoms with Gasteiger partial charge in [0.15, 0.2) is 0 Å². The highest BCUT2D eigenvalue weighted by Gasteiger charge is 2.25. The summed E-state index contributed by atoms with van der Waals surface area (Å²) in [4.78, 5) is 12.0. The van der Waals surface area contributed by atoms with Gasteiger partial charge in [-0.1, -0.05) is 31.4 Å². The molecule has 116 valence electrons. The minimum Gasteiger partial charge on any atom is -0.399 e. The normalized spacial score (nSPS) is 23.5. The lowest BCUT2D eigenvalue weighted by molar-refractivity contribution is -0.113. The third-order valence-electron chi connectivity index (χ3n) is 3.80. The van der Waals surface area contributed by atoms with E-state index in [-0.39, 0.29) is 16.9 Å². The van der Waals surface area contributed by atoms with Gasteiger partial charge in [-0.3, -0.25) is 9.00 Å². The molecule has 4 nitrogen and oxygen atoms in total. The Balaban J connectivity index is 1.90. The molecule has 1 aromatic rings. The molecule has 1 saturated carbocycles. The van der Waals surface area contributed by atoms with Crippen LogP contribution >= 0.6 is 11.6 Å². The first kappa shape index (κ1) is 16.3. The van der Waals surface area contributed by atoms with Crippen molar-refractivity contribution in [2.75, 3.05) is 16.8 Å². The lowest BCUT2D eigenvalue weighted by Crippen LogP contribution is -2.29. The number of hydrogen-bond donors (Lipinski definition) is 2. The monoisotopic (exact) mass is 328 g/mol. The molecule has 3 atom stereocenters. The van der Waals surface area contributed by atoms with Crippen LogP contribution in [0.2, 0.25) is 5.02 Å². The van der Waals surface area contributed by atoms with Crippen LogP contribution in [0, 0.1) is 5.92 Å². The van der Waals surface area contributed by atoms with Crippen molar-refractivity contribution >= 4 is 39.7 Å². The topological polar surface area (TPSA) is 72.2 Å². The fourth-order valence-corrected chi connectivity index (χ4v) is 4.46. The van der Waals surface area contributed by atoms with Gasteiger partial charge in [0.1, 0.15) is 5.75 Å². The van der Waals surface area contributed by atoms with Gasteiger partial charge in [-0.05, 0) is 37.0 Å². The molecule has 21 heavy (non-hydrogen) atoms. The molecule has 0 heterocycles. The van der Waals surface area contributed by atoms with Crippen LogP contribution in [-0.2, 0) is 15.6 Å². The van der Waals surface area contributed by atoms with Crippen LogP contribution in [0.25, 0.3) is 0 Å². The van der Waals surface area contributed by atoms with Gasteiger partial charge in [0.05, 0.1) is 10.7 Å². The van der Waals surface area contributed by atoms with Gasteiger partial charge in [-0.2, -0.15) is 0 Å². The third kappa shape index (κ3) is 4.71. The van der Waals surface area contributed by atoms with E-state index in [1.54, 1.807) is 18.2 Å². The van der Waals surface area contributed by atoms with Crippen molar-refractivity contribution in [2.24, 2.45) is 5.92 Å². The Hall–Kier alpha value is -1.07. The van der Waals surface area contributed by atoms with Crippen molar-refractivity contribution in [3.8, 4) is 0 Å². The van der Waals surface area contributed by atoms with E-state index in [4.69, 9.17) is 17.3 Å². The molecule has 0 radical (unpaired) electrons. The van der Waals surface area contributed by atoms with Crippen LogP contribution in [0.4, 0.5) is 11.4 Å². The van der Waals surface area contributed by atoms with Crippen LogP contribution < -0.4 is 11.1 Å². The van der Waals surface area contributed by atoms with E-state index in [1.807, 2.05) is 0 Å². The van der Waals surface area contributed by atoms with E-state index in [0.717, 1.165) is 19.3 Å². The van der Waals surface area contributed by atoms with Gasteiger partial charge in [0.25, 0.3) is 0 Å². The number of halogens is 1. The van der Waals surface area contributed by atoms with Gasteiger partial charge in [-0.25, -0.2) is 0 Å². The number of nitrogens with one attached hydrogen (secondary N) is 1. The second-order valence-corrected chi connectivity index (χ2v) is 7.83. The van der Waals surface area contributed by atoms with Crippen molar-refractivity contribution in [1.82, 2.24) is 0 Å². The van der Waals surface area contributed by atoms with E-state index in [1.165, 1.54) is 6.42 Å². The lowest BCUT2D eigenvalue weighted by Gasteiger charge is -2.25. The van der Waals surface area contributed by atoms with Gasteiger partial charge in [-0.15, -0.1) is 0 Å². The zero-order chi connectivity index (χ0) is 15.4. The first-order valence-corrected chi connectivity index (χ1v) is 8.93. The highest BCUT2D eigenvalue weighted by Crippen LogP contribution is 2.27. The van der Waals surface area contributed by atoms with Gasteiger partial charge < -0.3 is 11.1 Å². The van der Waals surface area contributed by atoms with E-state index in [9.17, 15) is 9.00 Å². The van der Waals surface area contributed by atoms with Crippen LogP contribution in [0.3, 0.4) is 0 Å². The van der Waals surface area contributed by atoms with Crippen molar-refractivity contribution < 1.29 is 9.00 Å². The maximum Gasteiger partial charge on any atom is 0.237 e. The zero-order valence-corrected chi connectivity index (χ0v) is 13.7. The first-order valence-electron chi connectivity index (χ1n) is 7.17.